The van der Waals surface area contributed by atoms with Gasteiger partial charge in [0.2, 0.25) is 11.8 Å². The third-order valence-electron chi connectivity index (χ3n) is 7.25. The van der Waals surface area contributed by atoms with Crippen molar-refractivity contribution in [1.29, 1.82) is 0 Å². The number of amides is 3. The predicted molar refractivity (Wildman–Crippen MR) is 191 cm³/mol. The Morgan fingerprint density at radius 1 is 0.549 bits per heavy atom. The molecule has 0 aliphatic heterocycles. The first-order chi connectivity index (χ1) is 24.5. The number of rotatable bonds is 21. The van der Waals surface area contributed by atoms with E-state index >= 15 is 0 Å². The number of esters is 1. The molecule has 0 unspecified atom stereocenters. The highest BCUT2D eigenvalue weighted by Crippen LogP contribution is 2.10. The number of ether oxygens (including phenoxy) is 5. The predicted octanol–water partition coefficient (Wildman–Crippen LogP) is 4.84. The summed E-state index contributed by atoms with van der Waals surface area (Å²) in [6.45, 7) is 6.22. The highest BCUT2D eigenvalue weighted by Gasteiger charge is 2.25. The molecule has 0 saturated heterocycles. The van der Waals surface area contributed by atoms with Crippen molar-refractivity contribution in [2.75, 3.05) is 26.9 Å². The molecule has 0 aliphatic carbocycles. The lowest BCUT2D eigenvalue weighted by molar-refractivity contribution is -0.141. The number of nitrogens with one attached hydrogen (secondary N) is 3. The summed E-state index contributed by atoms with van der Waals surface area (Å²) in [5.74, 6) is -1.36. The van der Waals surface area contributed by atoms with Crippen LogP contribution in [0.4, 0.5) is 4.79 Å². The topological polar surface area (TPSA) is 151 Å². The Morgan fingerprint density at radius 2 is 0.902 bits per heavy atom. The third-order valence-corrected chi connectivity index (χ3v) is 7.25. The van der Waals surface area contributed by atoms with Crippen LogP contribution in [0.3, 0.4) is 0 Å². The molecule has 3 rings (SSSR count). The van der Waals surface area contributed by atoms with Crippen molar-refractivity contribution in [3.63, 3.8) is 0 Å². The van der Waals surface area contributed by atoms with Gasteiger partial charge in [-0.05, 0) is 37.5 Å². The Kier molecular flexibility index (Phi) is 17.6. The van der Waals surface area contributed by atoms with Crippen molar-refractivity contribution in [2.45, 2.75) is 83.6 Å². The van der Waals surface area contributed by atoms with Crippen molar-refractivity contribution < 1.29 is 42.9 Å². The van der Waals surface area contributed by atoms with E-state index in [1.165, 1.54) is 7.11 Å². The minimum absolute atomic E-state index is 0.0227. The van der Waals surface area contributed by atoms with Crippen molar-refractivity contribution in [1.82, 2.24) is 16.0 Å². The fraction of sp³-hybridized carbons (Fsp3) is 0.436. The van der Waals surface area contributed by atoms with Crippen molar-refractivity contribution in [2.24, 2.45) is 0 Å². The highest BCUT2D eigenvalue weighted by molar-refractivity contribution is 5.81. The van der Waals surface area contributed by atoms with E-state index in [-0.39, 0.29) is 52.3 Å². The molecular formula is C39H51N3O9. The van der Waals surface area contributed by atoms with Gasteiger partial charge in [0.15, 0.2) is 0 Å². The van der Waals surface area contributed by atoms with Crippen LogP contribution in [0.5, 0.6) is 0 Å². The zero-order chi connectivity index (χ0) is 36.9. The molecule has 0 aromatic heterocycles. The highest BCUT2D eigenvalue weighted by atomic mass is 16.6. The van der Waals surface area contributed by atoms with Gasteiger partial charge in [-0.2, -0.15) is 0 Å². The second-order valence-corrected chi connectivity index (χ2v) is 13.1. The van der Waals surface area contributed by atoms with Gasteiger partial charge in [0, 0.05) is 12.8 Å². The molecule has 0 saturated carbocycles. The van der Waals surface area contributed by atoms with Crippen LogP contribution in [0.25, 0.3) is 0 Å². The normalized spacial score (nSPS) is 12.9. The molecule has 12 nitrogen and oxygen atoms in total. The van der Waals surface area contributed by atoms with Crippen molar-refractivity contribution in [3.05, 3.63) is 108 Å². The average Bonchev–Trinajstić information content (AvgIpc) is 3.08. The fourth-order valence-electron chi connectivity index (χ4n) is 4.91. The molecule has 0 heterocycles. The van der Waals surface area contributed by atoms with E-state index in [2.05, 4.69) is 16.0 Å². The quantitative estimate of drug-likeness (QED) is 0.132. The van der Waals surface area contributed by atoms with Gasteiger partial charge in [0.05, 0.1) is 71.3 Å². The third kappa shape index (κ3) is 18.2. The van der Waals surface area contributed by atoms with Crippen LogP contribution in [0.2, 0.25) is 0 Å². The zero-order valence-corrected chi connectivity index (χ0v) is 29.9. The standard InChI is InChI=1S/C39H51N3O9/c1-39(2,3)51-38(46)42-33(27-49-24-30-16-10-6-11-17-30)21-36(44)40-32(26-48-23-29-14-8-5-9-15-29)20-35(43)41-34(22-37(45)47-4)28-50-25-31-18-12-7-13-19-31/h5-19,32-34H,20-28H2,1-4H3,(H,40,44)(H,41,43)(H,42,46)/t32-,33-,34-/m1/s1. The van der Waals surface area contributed by atoms with Crippen LogP contribution >= 0.6 is 0 Å². The molecule has 0 radical (unpaired) electrons. The lowest BCUT2D eigenvalue weighted by atomic mass is 10.1. The van der Waals surface area contributed by atoms with E-state index in [1.807, 2.05) is 91.0 Å². The number of hydrogen-bond acceptors (Lipinski definition) is 9. The van der Waals surface area contributed by atoms with Crippen molar-refractivity contribution >= 4 is 23.9 Å². The zero-order valence-electron chi connectivity index (χ0n) is 29.9. The molecule has 3 aromatic carbocycles. The number of carbonyl (C=O) groups excluding carboxylic acids is 4. The minimum Gasteiger partial charge on any atom is -0.469 e. The van der Waals surface area contributed by atoms with Crippen LogP contribution in [0.15, 0.2) is 91.0 Å². The second kappa shape index (κ2) is 22.1. The van der Waals surface area contributed by atoms with Gasteiger partial charge in [-0.25, -0.2) is 4.79 Å². The van der Waals surface area contributed by atoms with Crippen molar-refractivity contribution in [3.8, 4) is 0 Å². The smallest absolute Gasteiger partial charge is 0.407 e. The molecule has 0 bridgehead atoms. The average molecular weight is 706 g/mol. The maximum atomic E-state index is 13.4. The van der Waals surface area contributed by atoms with Gasteiger partial charge in [-0.1, -0.05) is 91.0 Å². The Balaban J connectivity index is 1.65. The largest absolute Gasteiger partial charge is 0.469 e. The molecule has 0 fully saturated rings. The molecule has 12 heteroatoms. The molecule has 0 aliphatic rings. The molecule has 3 amide bonds. The molecule has 3 atom stereocenters. The number of alkyl carbamates (subject to hydrolysis) is 1. The van der Waals surface area contributed by atoms with Crippen LogP contribution in [0, 0.1) is 0 Å². The van der Waals surface area contributed by atoms with Gasteiger partial charge in [0.25, 0.3) is 0 Å². The van der Waals surface area contributed by atoms with Gasteiger partial charge in [-0.15, -0.1) is 0 Å². The summed E-state index contributed by atoms with van der Waals surface area (Å²) in [4.78, 5) is 51.6. The first kappa shape index (κ1) is 40.6. The molecule has 3 N–H and O–H groups in total. The summed E-state index contributed by atoms with van der Waals surface area (Å²) in [7, 11) is 1.28. The maximum Gasteiger partial charge on any atom is 0.407 e. The fourth-order valence-corrected chi connectivity index (χ4v) is 4.91. The summed E-state index contributed by atoms with van der Waals surface area (Å²) >= 11 is 0. The van der Waals surface area contributed by atoms with Crippen LogP contribution in [-0.4, -0.2) is 74.5 Å². The first-order valence-electron chi connectivity index (χ1n) is 17.0. The molecule has 0 spiro atoms. The minimum atomic E-state index is -0.741. The molecule has 3 aromatic rings. The monoisotopic (exact) mass is 705 g/mol. The molecule has 276 valence electrons. The summed E-state index contributed by atoms with van der Waals surface area (Å²) in [6.07, 6.45) is -1.08. The lowest BCUT2D eigenvalue weighted by Crippen LogP contribution is -2.48. The van der Waals surface area contributed by atoms with Crippen LogP contribution < -0.4 is 16.0 Å². The van der Waals surface area contributed by atoms with Gasteiger partial charge < -0.3 is 39.6 Å². The van der Waals surface area contributed by atoms with Gasteiger partial charge in [0.1, 0.15) is 5.60 Å². The maximum absolute atomic E-state index is 13.4. The Morgan fingerprint density at radius 3 is 1.25 bits per heavy atom. The van der Waals surface area contributed by atoms with Crippen LogP contribution in [-0.2, 0) is 57.9 Å². The van der Waals surface area contributed by atoms with Gasteiger partial charge in [-0.3, -0.25) is 14.4 Å². The van der Waals surface area contributed by atoms with E-state index in [0.29, 0.717) is 6.61 Å². The number of methoxy groups -OCH3 is 1. The van der Waals surface area contributed by atoms with E-state index in [9.17, 15) is 19.2 Å². The lowest BCUT2D eigenvalue weighted by Gasteiger charge is -2.25. The van der Waals surface area contributed by atoms with E-state index in [0.717, 1.165) is 16.7 Å². The number of carbonyl (C=O) groups is 4. The van der Waals surface area contributed by atoms with E-state index in [4.69, 9.17) is 23.7 Å². The second-order valence-electron chi connectivity index (χ2n) is 13.1. The number of hydrogen-bond donors (Lipinski definition) is 3. The molecular weight excluding hydrogens is 654 g/mol. The van der Waals surface area contributed by atoms with E-state index < -0.39 is 47.6 Å². The van der Waals surface area contributed by atoms with Crippen LogP contribution in [0.1, 0.15) is 56.7 Å². The summed E-state index contributed by atoms with van der Waals surface area (Å²) in [5, 5.41) is 8.47. The summed E-state index contributed by atoms with van der Waals surface area (Å²) < 4.78 is 27.8. The SMILES string of the molecule is COC(=O)C[C@H](COCc1ccccc1)NC(=O)C[C@H](COCc1ccccc1)NC(=O)C[C@H](COCc1ccccc1)NC(=O)OC(C)(C)C. The van der Waals surface area contributed by atoms with Gasteiger partial charge >= 0.3 is 12.1 Å². The Bertz CT molecular complexity index is 1470. The molecule has 51 heavy (non-hydrogen) atoms. The number of benzene rings is 3. The first-order valence-corrected chi connectivity index (χ1v) is 17.0. The Labute approximate surface area is 300 Å². The summed E-state index contributed by atoms with van der Waals surface area (Å²) in [5.41, 5.74) is 2.08. The Hall–Kier alpha value is -4.78. The van der Waals surface area contributed by atoms with E-state index in [1.54, 1.807) is 20.8 Å². The summed E-state index contributed by atoms with van der Waals surface area (Å²) in [6, 6.07) is 26.4.